The number of carboxylic acid groups (broad SMARTS) is 1. The first-order valence-electron chi connectivity index (χ1n) is 16.1. The molecule has 1 aliphatic carbocycles. The maximum atomic E-state index is 15.1. The second-order valence-corrected chi connectivity index (χ2v) is 18.1. The van der Waals surface area contributed by atoms with E-state index < -0.39 is 38.1 Å². The van der Waals surface area contributed by atoms with Crippen molar-refractivity contribution < 1.29 is 27.9 Å². The molecule has 0 aromatic heterocycles. The van der Waals surface area contributed by atoms with Gasteiger partial charge in [0.1, 0.15) is 0 Å². The Kier molecular flexibility index (Phi) is 10.1. The zero-order valence-electron chi connectivity index (χ0n) is 27.8. The number of hydrogen-bond acceptors (Lipinski definition) is 5. The first-order chi connectivity index (χ1) is 22.4. The van der Waals surface area contributed by atoms with Crippen LogP contribution in [0.5, 0.6) is 0 Å². The summed E-state index contributed by atoms with van der Waals surface area (Å²) in [5.74, 6) is -2.21. The van der Waals surface area contributed by atoms with E-state index in [1.54, 1.807) is 70.0 Å². The second-order valence-electron chi connectivity index (χ2n) is 14.4. The number of halogens is 2. The van der Waals surface area contributed by atoms with E-state index in [4.69, 9.17) is 23.2 Å². The van der Waals surface area contributed by atoms with Crippen molar-refractivity contribution in [1.29, 1.82) is 0 Å². The standard InChI is InChI=1S/C37H42Cl2N2O6S/c1-36(2,3)48(46,47)22-31(23-9-10-23)41-33(24-11-15-27(38)16-12-24)30(26-7-6-8-28(39)19-26)20-37(4,35(41)45)21-32(42)40(5)29-17-13-25(14-18-29)34(43)44/h6-8,11-19,23,30-31,33H,9-10,20-22H2,1-5H3,(H,43,44)/t30-,31-,33-,37-/m1/s1. The average Bonchev–Trinajstić information content (AvgIpc) is 3.86. The molecule has 256 valence electrons. The van der Waals surface area contributed by atoms with Gasteiger partial charge < -0.3 is 14.9 Å². The summed E-state index contributed by atoms with van der Waals surface area (Å²) in [6.45, 7) is 6.82. The normalized spacial score (nSPS) is 22.3. The van der Waals surface area contributed by atoms with Crippen LogP contribution in [0.2, 0.25) is 10.0 Å². The largest absolute Gasteiger partial charge is 0.478 e. The van der Waals surface area contributed by atoms with Crippen LogP contribution in [0.1, 0.15) is 86.8 Å². The summed E-state index contributed by atoms with van der Waals surface area (Å²) in [5.41, 5.74) is 1.08. The highest BCUT2D eigenvalue weighted by molar-refractivity contribution is 7.92. The van der Waals surface area contributed by atoms with Crippen molar-refractivity contribution in [3.05, 3.63) is 99.5 Å². The second kappa shape index (κ2) is 13.5. The van der Waals surface area contributed by atoms with Crippen molar-refractivity contribution in [2.45, 2.75) is 76.1 Å². The Bertz CT molecular complexity index is 1800. The Labute approximate surface area is 292 Å². The molecule has 3 aromatic carbocycles. The Balaban J connectivity index is 1.63. The number of rotatable bonds is 10. The lowest BCUT2D eigenvalue weighted by atomic mass is 9.66. The maximum Gasteiger partial charge on any atom is 0.335 e. The van der Waals surface area contributed by atoms with Gasteiger partial charge in [0.2, 0.25) is 11.8 Å². The van der Waals surface area contributed by atoms with Crippen LogP contribution in [0.4, 0.5) is 5.69 Å². The molecule has 1 saturated heterocycles. The Morgan fingerprint density at radius 1 is 0.979 bits per heavy atom. The van der Waals surface area contributed by atoms with Gasteiger partial charge in [0, 0.05) is 41.2 Å². The van der Waals surface area contributed by atoms with Crippen molar-refractivity contribution >= 4 is 56.5 Å². The van der Waals surface area contributed by atoms with E-state index in [1.807, 2.05) is 30.3 Å². The number of likely N-dealkylation sites (tertiary alicyclic amines) is 1. The predicted octanol–water partition coefficient (Wildman–Crippen LogP) is 7.80. The number of carbonyl (C=O) groups is 3. The number of nitrogens with zero attached hydrogens (tertiary/aromatic N) is 2. The summed E-state index contributed by atoms with van der Waals surface area (Å²) in [5, 5.41) is 10.4. The highest BCUT2D eigenvalue weighted by Crippen LogP contribution is 2.54. The van der Waals surface area contributed by atoms with E-state index in [2.05, 4.69) is 0 Å². The number of hydrogen-bond donors (Lipinski definition) is 1. The SMILES string of the molecule is CN(C(=O)C[C@@]1(C)C[C@H](c2cccc(Cl)c2)[C@@H](c2ccc(Cl)cc2)N([C@H](CS(=O)(=O)C(C)(C)C)C2CC2)C1=O)c1ccc(C(=O)O)cc1. The van der Waals surface area contributed by atoms with Gasteiger partial charge in [-0.2, -0.15) is 0 Å². The highest BCUT2D eigenvalue weighted by atomic mass is 35.5. The molecule has 3 aromatic rings. The molecule has 11 heteroatoms. The number of carboxylic acids is 1. The van der Waals surface area contributed by atoms with Crippen LogP contribution in [0.3, 0.4) is 0 Å². The van der Waals surface area contributed by atoms with Crippen molar-refractivity contribution in [3.8, 4) is 0 Å². The number of piperidine rings is 1. The smallest absolute Gasteiger partial charge is 0.335 e. The highest BCUT2D eigenvalue weighted by Gasteiger charge is 2.55. The lowest BCUT2D eigenvalue weighted by Gasteiger charge is -2.52. The molecule has 2 aliphatic rings. The van der Waals surface area contributed by atoms with Gasteiger partial charge in [-0.25, -0.2) is 13.2 Å². The van der Waals surface area contributed by atoms with Gasteiger partial charge in [0.25, 0.3) is 0 Å². The van der Waals surface area contributed by atoms with Gasteiger partial charge in [0.05, 0.1) is 27.5 Å². The monoisotopic (exact) mass is 712 g/mol. The molecular formula is C37H42Cl2N2O6S. The molecule has 1 aliphatic heterocycles. The molecule has 0 unspecified atom stereocenters. The molecule has 1 saturated carbocycles. The molecule has 48 heavy (non-hydrogen) atoms. The zero-order chi connectivity index (χ0) is 35.2. The number of anilines is 1. The van der Waals surface area contributed by atoms with Gasteiger partial charge in [-0.3, -0.25) is 9.59 Å². The number of carbonyl (C=O) groups excluding carboxylic acids is 2. The van der Waals surface area contributed by atoms with Crippen molar-refractivity contribution in [2.24, 2.45) is 11.3 Å². The first-order valence-corrected chi connectivity index (χ1v) is 18.5. The van der Waals surface area contributed by atoms with Crippen LogP contribution in [-0.2, 0) is 19.4 Å². The van der Waals surface area contributed by atoms with Gasteiger partial charge in [-0.1, -0.05) is 54.4 Å². The predicted molar refractivity (Wildman–Crippen MR) is 189 cm³/mol. The van der Waals surface area contributed by atoms with Crippen molar-refractivity contribution in [1.82, 2.24) is 4.90 Å². The molecule has 2 amide bonds. The molecule has 0 bridgehead atoms. The number of amides is 2. The fraction of sp³-hybridized carbons (Fsp3) is 0.432. The molecular weight excluding hydrogens is 671 g/mol. The average molecular weight is 714 g/mol. The van der Waals surface area contributed by atoms with Crippen LogP contribution in [-0.4, -0.2) is 59.8 Å². The van der Waals surface area contributed by atoms with Gasteiger partial charge in [0.15, 0.2) is 9.84 Å². The lowest BCUT2D eigenvalue weighted by molar-refractivity contribution is -0.157. The van der Waals surface area contributed by atoms with Crippen LogP contribution in [0.15, 0.2) is 72.8 Å². The van der Waals surface area contributed by atoms with Crippen LogP contribution in [0.25, 0.3) is 0 Å². The van der Waals surface area contributed by atoms with Crippen LogP contribution >= 0.6 is 23.2 Å². The molecule has 5 rings (SSSR count). The summed E-state index contributed by atoms with van der Waals surface area (Å²) in [6.07, 6.45) is 1.76. The van der Waals surface area contributed by atoms with E-state index in [1.165, 1.54) is 17.0 Å². The van der Waals surface area contributed by atoms with Gasteiger partial charge in [-0.15, -0.1) is 0 Å². The quantitative estimate of drug-likeness (QED) is 0.230. The molecule has 1 heterocycles. The summed E-state index contributed by atoms with van der Waals surface area (Å²) in [4.78, 5) is 43.7. The topological polar surface area (TPSA) is 112 Å². The van der Waals surface area contributed by atoms with E-state index in [0.29, 0.717) is 22.2 Å². The van der Waals surface area contributed by atoms with Crippen LogP contribution < -0.4 is 4.90 Å². The zero-order valence-corrected chi connectivity index (χ0v) is 30.1. The first kappa shape index (κ1) is 35.9. The summed E-state index contributed by atoms with van der Waals surface area (Å²) < 4.78 is 26.6. The van der Waals surface area contributed by atoms with Gasteiger partial charge >= 0.3 is 5.97 Å². The Hall–Kier alpha value is -3.40. The molecule has 4 atom stereocenters. The summed E-state index contributed by atoms with van der Waals surface area (Å²) in [7, 11) is -2.05. The maximum absolute atomic E-state index is 15.1. The van der Waals surface area contributed by atoms with Crippen molar-refractivity contribution in [2.75, 3.05) is 17.7 Å². The fourth-order valence-corrected chi connectivity index (χ4v) is 8.44. The molecule has 2 fully saturated rings. The molecule has 8 nitrogen and oxygen atoms in total. The Morgan fingerprint density at radius 3 is 2.15 bits per heavy atom. The fourth-order valence-electron chi connectivity index (χ4n) is 6.73. The van der Waals surface area contributed by atoms with E-state index in [0.717, 1.165) is 24.0 Å². The molecule has 0 spiro atoms. The van der Waals surface area contributed by atoms with Crippen LogP contribution in [0, 0.1) is 11.3 Å². The Morgan fingerprint density at radius 2 is 1.60 bits per heavy atom. The summed E-state index contributed by atoms with van der Waals surface area (Å²) in [6, 6.07) is 19.6. The molecule has 1 N–H and O–H groups in total. The minimum absolute atomic E-state index is 0.00522. The lowest BCUT2D eigenvalue weighted by Crippen LogP contribution is -2.59. The van der Waals surface area contributed by atoms with E-state index in [-0.39, 0.29) is 41.4 Å². The number of aromatic carboxylic acids is 1. The summed E-state index contributed by atoms with van der Waals surface area (Å²) >= 11 is 12.8. The minimum atomic E-state index is -3.65. The van der Waals surface area contributed by atoms with Gasteiger partial charge in [-0.05, 0) is 106 Å². The third kappa shape index (κ3) is 7.43. The number of benzene rings is 3. The molecule has 0 radical (unpaired) electrons. The third-order valence-electron chi connectivity index (χ3n) is 9.85. The van der Waals surface area contributed by atoms with E-state index >= 15 is 4.79 Å². The van der Waals surface area contributed by atoms with E-state index in [9.17, 15) is 23.1 Å². The van der Waals surface area contributed by atoms with Crippen molar-refractivity contribution in [3.63, 3.8) is 0 Å². The third-order valence-corrected chi connectivity index (χ3v) is 13.0. The number of sulfone groups is 1. The minimum Gasteiger partial charge on any atom is -0.478 e.